The Hall–Kier alpha value is -4.06. The third-order valence-electron chi connectivity index (χ3n) is 6.43. The van der Waals surface area contributed by atoms with Crippen molar-refractivity contribution in [1.29, 1.82) is 0 Å². The number of nitrogens with zero attached hydrogens (tertiary/aromatic N) is 3. The Morgan fingerprint density at radius 2 is 1.47 bits per heavy atom. The molecular weight excluding hydrogens is 450 g/mol. The summed E-state index contributed by atoms with van der Waals surface area (Å²) in [4.78, 5) is 17.5. The predicted octanol–water partition coefficient (Wildman–Crippen LogP) is 6.21. The highest BCUT2D eigenvalue weighted by Crippen LogP contribution is 2.22. The van der Waals surface area contributed by atoms with Crippen molar-refractivity contribution in [2.45, 2.75) is 33.1 Å². The van der Waals surface area contributed by atoms with Crippen LogP contribution in [-0.2, 0) is 7.05 Å². The number of aliphatic imine (C=N–C) groups is 1. The molecule has 0 aliphatic carbocycles. The molecule has 0 radical (unpaired) electrons. The van der Waals surface area contributed by atoms with Gasteiger partial charge in [-0.3, -0.25) is 9.48 Å². The molecule has 1 aromatic heterocycles. The van der Waals surface area contributed by atoms with E-state index in [1.807, 2.05) is 85.4 Å². The molecule has 6 heteroatoms. The molecule has 1 atom stereocenters. The molecule has 0 spiro atoms. The minimum atomic E-state index is -0.146. The van der Waals surface area contributed by atoms with Gasteiger partial charge in [-0.05, 0) is 78.9 Å². The Bertz CT molecular complexity index is 1350. The van der Waals surface area contributed by atoms with E-state index in [4.69, 9.17) is 9.47 Å². The Morgan fingerprint density at radius 1 is 0.889 bits per heavy atom. The summed E-state index contributed by atoms with van der Waals surface area (Å²) in [5.41, 5.74) is 4.10. The lowest BCUT2D eigenvalue weighted by Gasteiger charge is -2.11. The normalized spacial score (nSPS) is 12.1. The van der Waals surface area contributed by atoms with Crippen molar-refractivity contribution in [2.75, 3.05) is 13.2 Å². The van der Waals surface area contributed by atoms with Gasteiger partial charge in [-0.1, -0.05) is 44.2 Å². The fourth-order valence-electron chi connectivity index (χ4n) is 3.94. The first kappa shape index (κ1) is 25.0. The molecule has 0 saturated carbocycles. The molecular formula is C30H33N3O3. The van der Waals surface area contributed by atoms with Gasteiger partial charge < -0.3 is 9.47 Å². The predicted molar refractivity (Wildman–Crippen MR) is 146 cm³/mol. The van der Waals surface area contributed by atoms with Crippen LogP contribution in [-0.4, -0.2) is 28.8 Å². The van der Waals surface area contributed by atoms with E-state index in [0.717, 1.165) is 34.9 Å². The first-order valence-corrected chi connectivity index (χ1v) is 12.3. The van der Waals surface area contributed by atoms with E-state index < -0.39 is 0 Å². The van der Waals surface area contributed by atoms with E-state index in [2.05, 4.69) is 31.0 Å². The van der Waals surface area contributed by atoms with Crippen LogP contribution < -0.4 is 15.0 Å². The lowest BCUT2D eigenvalue weighted by Crippen LogP contribution is -2.19. The van der Waals surface area contributed by atoms with Crippen LogP contribution in [0, 0.1) is 6.92 Å². The molecule has 0 N–H and O–H groups in total. The van der Waals surface area contributed by atoms with Crippen LogP contribution >= 0.6 is 0 Å². The van der Waals surface area contributed by atoms with Gasteiger partial charge in [-0.2, -0.15) is 0 Å². The number of benzene rings is 3. The third kappa shape index (κ3) is 5.77. The van der Waals surface area contributed by atoms with Crippen LogP contribution in [0.5, 0.6) is 11.5 Å². The maximum atomic E-state index is 13.0. The van der Waals surface area contributed by atoms with Crippen molar-refractivity contribution in [3.63, 3.8) is 0 Å². The summed E-state index contributed by atoms with van der Waals surface area (Å²) in [6, 6.07) is 25.4. The Kier molecular flexibility index (Phi) is 8.06. The summed E-state index contributed by atoms with van der Waals surface area (Å²) in [6.07, 6.45) is 2.83. The number of hydrogen-bond donors (Lipinski definition) is 0. The second kappa shape index (κ2) is 11.6. The van der Waals surface area contributed by atoms with Gasteiger partial charge >= 0.3 is 0 Å². The molecule has 3 aromatic carbocycles. The molecule has 0 saturated heterocycles. The topological polar surface area (TPSA) is 57.8 Å². The van der Waals surface area contributed by atoms with E-state index in [1.54, 1.807) is 10.9 Å². The van der Waals surface area contributed by atoms with Crippen LogP contribution in [0.25, 0.3) is 5.69 Å². The number of hydrogen-bond acceptors (Lipinski definition) is 4. The molecule has 0 aliphatic heterocycles. The Labute approximate surface area is 212 Å². The van der Waals surface area contributed by atoms with Gasteiger partial charge in [0.25, 0.3) is 5.56 Å². The smallest absolute Gasteiger partial charge is 0.297 e. The fraction of sp³-hybridized carbons (Fsp3) is 0.267. The Balaban J connectivity index is 1.32. The van der Waals surface area contributed by atoms with Gasteiger partial charge in [0.1, 0.15) is 24.7 Å². The van der Waals surface area contributed by atoms with Gasteiger partial charge in [-0.15, -0.1) is 0 Å². The van der Waals surface area contributed by atoms with E-state index in [9.17, 15) is 4.79 Å². The molecule has 4 rings (SSSR count). The summed E-state index contributed by atoms with van der Waals surface area (Å²) in [5, 5.41) is 0. The standard InChI is InChI=1S/C30H33N3O3/c1-5-22(2)25-13-17-28(18-14-25)36-20-19-35-27-15-11-24(12-16-27)21-31-29-23(3)32(4)33(30(29)34)26-9-7-6-8-10-26/h6-18,21-22H,5,19-20H2,1-4H3/t22-/m0/s1. The zero-order valence-electron chi connectivity index (χ0n) is 21.3. The number of rotatable bonds is 10. The van der Waals surface area contributed by atoms with E-state index in [1.165, 1.54) is 5.56 Å². The third-order valence-corrected chi connectivity index (χ3v) is 6.43. The van der Waals surface area contributed by atoms with Crippen LogP contribution in [0.1, 0.15) is 43.0 Å². The summed E-state index contributed by atoms with van der Waals surface area (Å²) in [6.45, 7) is 7.23. The van der Waals surface area contributed by atoms with Gasteiger partial charge in [0, 0.05) is 13.3 Å². The molecule has 186 valence electrons. The molecule has 0 bridgehead atoms. The summed E-state index contributed by atoms with van der Waals surface area (Å²) >= 11 is 0. The van der Waals surface area contributed by atoms with Crippen LogP contribution in [0.2, 0.25) is 0 Å². The average molecular weight is 484 g/mol. The second-order valence-electron chi connectivity index (χ2n) is 8.81. The quantitative estimate of drug-likeness (QED) is 0.199. The van der Waals surface area contributed by atoms with Crippen molar-refractivity contribution in [3.05, 3.63) is 106 Å². The molecule has 36 heavy (non-hydrogen) atoms. The fourth-order valence-corrected chi connectivity index (χ4v) is 3.94. The minimum Gasteiger partial charge on any atom is -0.490 e. The molecule has 6 nitrogen and oxygen atoms in total. The lowest BCUT2D eigenvalue weighted by atomic mass is 9.99. The van der Waals surface area contributed by atoms with Gasteiger partial charge in [-0.25, -0.2) is 9.67 Å². The molecule has 0 unspecified atom stereocenters. The zero-order chi connectivity index (χ0) is 25.5. The van der Waals surface area contributed by atoms with Crippen LogP contribution in [0.15, 0.2) is 88.6 Å². The summed E-state index contributed by atoms with van der Waals surface area (Å²) < 4.78 is 15.0. The van der Waals surface area contributed by atoms with Crippen LogP contribution in [0.4, 0.5) is 5.69 Å². The van der Waals surface area contributed by atoms with E-state index in [0.29, 0.717) is 24.8 Å². The Morgan fingerprint density at radius 3 is 2.06 bits per heavy atom. The SMILES string of the molecule is CC[C@H](C)c1ccc(OCCOc2ccc(C=Nc3c(C)n(C)n(-c4ccccc4)c3=O)cc2)cc1. The van der Waals surface area contributed by atoms with Crippen molar-refractivity contribution in [1.82, 2.24) is 9.36 Å². The van der Waals surface area contributed by atoms with Crippen LogP contribution in [0.3, 0.4) is 0 Å². The molecule has 4 aromatic rings. The van der Waals surface area contributed by atoms with Crippen molar-refractivity contribution >= 4 is 11.9 Å². The largest absolute Gasteiger partial charge is 0.490 e. The lowest BCUT2D eigenvalue weighted by molar-refractivity contribution is 0.217. The van der Waals surface area contributed by atoms with Crippen molar-refractivity contribution < 1.29 is 9.47 Å². The summed E-state index contributed by atoms with van der Waals surface area (Å²) in [7, 11) is 1.86. The zero-order valence-corrected chi connectivity index (χ0v) is 21.3. The monoisotopic (exact) mass is 483 g/mol. The van der Waals surface area contributed by atoms with Crippen molar-refractivity contribution in [2.24, 2.45) is 12.0 Å². The van der Waals surface area contributed by atoms with E-state index >= 15 is 0 Å². The van der Waals surface area contributed by atoms with E-state index in [-0.39, 0.29) is 5.56 Å². The summed E-state index contributed by atoms with van der Waals surface area (Å²) in [5.74, 6) is 2.16. The van der Waals surface area contributed by atoms with Gasteiger partial charge in [0.15, 0.2) is 5.69 Å². The number of aromatic nitrogens is 2. The highest BCUT2D eigenvalue weighted by molar-refractivity contribution is 5.82. The van der Waals surface area contributed by atoms with Gasteiger partial charge in [0.05, 0.1) is 11.4 Å². The van der Waals surface area contributed by atoms with Gasteiger partial charge in [0.2, 0.25) is 0 Å². The highest BCUT2D eigenvalue weighted by atomic mass is 16.5. The highest BCUT2D eigenvalue weighted by Gasteiger charge is 2.14. The maximum absolute atomic E-state index is 13.0. The first-order valence-electron chi connectivity index (χ1n) is 12.3. The van der Waals surface area contributed by atoms with Crippen molar-refractivity contribution in [3.8, 4) is 17.2 Å². The molecule has 0 fully saturated rings. The second-order valence-corrected chi connectivity index (χ2v) is 8.81. The first-order chi connectivity index (χ1) is 17.5. The minimum absolute atomic E-state index is 0.146. The molecule has 1 heterocycles. The average Bonchev–Trinajstić information content (AvgIpc) is 3.13. The number of ether oxygens (including phenoxy) is 2. The molecule has 0 amide bonds. The number of para-hydroxylation sites is 1. The molecule has 0 aliphatic rings. The maximum Gasteiger partial charge on any atom is 0.297 e.